The number of esters is 1. The van der Waals surface area contributed by atoms with Crippen molar-refractivity contribution in [1.82, 2.24) is 0 Å². The number of carbonyl (C=O) groups is 1. The van der Waals surface area contributed by atoms with E-state index < -0.39 is 4.92 Å². The van der Waals surface area contributed by atoms with Crippen LogP contribution in [0.2, 0.25) is 0 Å². The lowest BCUT2D eigenvalue weighted by atomic mass is 10.3. The van der Waals surface area contributed by atoms with Gasteiger partial charge in [0, 0.05) is 18.6 Å². The van der Waals surface area contributed by atoms with Crippen molar-refractivity contribution in [2.75, 3.05) is 12.0 Å². The number of hydrogen-bond donors (Lipinski definition) is 1. The van der Waals surface area contributed by atoms with Crippen LogP contribution in [0.4, 0.5) is 11.4 Å². The summed E-state index contributed by atoms with van der Waals surface area (Å²) in [6.07, 6.45) is 1.72. The van der Waals surface area contributed by atoms with Gasteiger partial charge in [-0.3, -0.25) is 20.3 Å². The van der Waals surface area contributed by atoms with Gasteiger partial charge >= 0.3 is 5.97 Å². The van der Waals surface area contributed by atoms with Crippen molar-refractivity contribution in [1.29, 1.82) is 0 Å². The number of non-ortho nitro benzene ring substituents is 1. The summed E-state index contributed by atoms with van der Waals surface area (Å²) in [5.74, 6) is -0.295. The third-order valence-electron chi connectivity index (χ3n) is 1.97. The maximum absolute atomic E-state index is 10.8. The molecule has 1 N–H and O–H groups in total. The molecule has 0 amide bonds. The van der Waals surface area contributed by atoms with Crippen molar-refractivity contribution in [3.05, 3.63) is 34.4 Å². The van der Waals surface area contributed by atoms with Crippen LogP contribution in [0.1, 0.15) is 13.3 Å². The Labute approximate surface area is 104 Å². The van der Waals surface area contributed by atoms with Gasteiger partial charge < -0.3 is 4.74 Å². The van der Waals surface area contributed by atoms with Crippen LogP contribution in [-0.4, -0.2) is 23.7 Å². The molecule has 0 aliphatic rings. The zero-order chi connectivity index (χ0) is 13.4. The summed E-state index contributed by atoms with van der Waals surface area (Å²) in [6, 6.07) is 5.81. The van der Waals surface area contributed by atoms with Gasteiger partial charge in [-0.25, -0.2) is 0 Å². The first-order valence-electron chi connectivity index (χ1n) is 5.31. The van der Waals surface area contributed by atoms with E-state index in [1.807, 2.05) is 0 Å². The van der Waals surface area contributed by atoms with E-state index in [-0.39, 0.29) is 18.3 Å². The SMILES string of the molecule is CCC(=O)OCC=NNc1ccc([N+](=O)[O-])cc1. The summed E-state index contributed by atoms with van der Waals surface area (Å²) >= 11 is 0. The predicted molar refractivity (Wildman–Crippen MR) is 66.5 cm³/mol. The summed E-state index contributed by atoms with van der Waals surface area (Å²) < 4.78 is 4.76. The Hall–Kier alpha value is -2.44. The van der Waals surface area contributed by atoms with E-state index >= 15 is 0 Å². The molecule has 0 aliphatic heterocycles. The van der Waals surface area contributed by atoms with Gasteiger partial charge in [0.2, 0.25) is 0 Å². The highest BCUT2D eigenvalue weighted by Gasteiger charge is 2.02. The topological polar surface area (TPSA) is 93.8 Å². The van der Waals surface area contributed by atoms with Crippen LogP contribution in [0.3, 0.4) is 0 Å². The Balaban J connectivity index is 2.37. The normalized spacial score (nSPS) is 10.3. The lowest BCUT2D eigenvalue weighted by Crippen LogP contribution is -2.05. The van der Waals surface area contributed by atoms with E-state index in [0.717, 1.165) is 0 Å². The second-order valence-electron chi connectivity index (χ2n) is 3.26. The van der Waals surface area contributed by atoms with E-state index in [1.165, 1.54) is 30.5 Å². The molecule has 0 fully saturated rings. The number of rotatable bonds is 6. The zero-order valence-corrected chi connectivity index (χ0v) is 9.83. The van der Waals surface area contributed by atoms with Gasteiger partial charge in [0.15, 0.2) is 0 Å². The molecule has 1 rings (SSSR count). The molecule has 0 atom stereocenters. The van der Waals surface area contributed by atoms with E-state index in [2.05, 4.69) is 10.5 Å². The van der Waals surface area contributed by atoms with Crippen molar-refractivity contribution in [2.45, 2.75) is 13.3 Å². The van der Waals surface area contributed by atoms with Gasteiger partial charge in [-0.05, 0) is 12.1 Å². The standard InChI is InChI=1S/C11H13N3O4/c1-2-11(15)18-8-7-12-13-9-3-5-10(6-4-9)14(16)17/h3-7,13H,2,8H2,1H3. The summed E-state index contributed by atoms with van der Waals surface area (Å²) in [5.41, 5.74) is 3.28. The monoisotopic (exact) mass is 251 g/mol. The molecule has 0 aliphatic carbocycles. The predicted octanol–water partition coefficient (Wildman–Crippen LogP) is 1.95. The summed E-state index contributed by atoms with van der Waals surface area (Å²) in [5, 5.41) is 14.2. The number of nitrogens with one attached hydrogen (secondary N) is 1. The van der Waals surface area contributed by atoms with Crippen LogP contribution in [0.25, 0.3) is 0 Å². The Morgan fingerprint density at radius 3 is 2.72 bits per heavy atom. The van der Waals surface area contributed by atoms with Crippen LogP contribution in [0.15, 0.2) is 29.4 Å². The number of ether oxygens (including phenoxy) is 1. The van der Waals surface area contributed by atoms with Gasteiger partial charge in [0.25, 0.3) is 5.69 Å². The Kier molecular flexibility index (Phi) is 5.30. The van der Waals surface area contributed by atoms with Gasteiger partial charge in [-0.1, -0.05) is 6.92 Å². The fourth-order valence-corrected chi connectivity index (χ4v) is 1.05. The first-order chi connectivity index (χ1) is 8.63. The molecule has 1 aromatic carbocycles. The molecule has 0 unspecified atom stereocenters. The van der Waals surface area contributed by atoms with Gasteiger partial charge in [0.1, 0.15) is 6.61 Å². The third-order valence-corrected chi connectivity index (χ3v) is 1.97. The zero-order valence-electron chi connectivity index (χ0n) is 9.83. The minimum Gasteiger partial charge on any atom is -0.460 e. The van der Waals surface area contributed by atoms with E-state index in [1.54, 1.807) is 6.92 Å². The number of anilines is 1. The molecule has 0 heterocycles. The van der Waals surface area contributed by atoms with Gasteiger partial charge in [-0.15, -0.1) is 0 Å². The highest BCUT2D eigenvalue weighted by atomic mass is 16.6. The lowest BCUT2D eigenvalue weighted by molar-refractivity contribution is -0.384. The third kappa shape index (κ3) is 4.60. The smallest absolute Gasteiger partial charge is 0.305 e. The second-order valence-corrected chi connectivity index (χ2v) is 3.26. The molecule has 7 heteroatoms. The number of nitro benzene ring substituents is 1. The minimum atomic E-state index is -0.475. The van der Waals surface area contributed by atoms with Crippen LogP contribution in [0.5, 0.6) is 0 Å². The summed E-state index contributed by atoms with van der Waals surface area (Å²) in [6.45, 7) is 1.79. The number of nitrogens with zero attached hydrogens (tertiary/aromatic N) is 2. The van der Waals surface area contributed by atoms with Crippen molar-refractivity contribution >= 4 is 23.6 Å². The molecule has 7 nitrogen and oxygen atoms in total. The quantitative estimate of drug-likeness (QED) is 0.361. The minimum absolute atomic E-state index is 0.0152. The number of hydrogen-bond acceptors (Lipinski definition) is 6. The van der Waals surface area contributed by atoms with Crippen molar-refractivity contribution in [3.63, 3.8) is 0 Å². The molecule has 0 spiro atoms. The van der Waals surface area contributed by atoms with Crippen molar-refractivity contribution < 1.29 is 14.5 Å². The molecule has 0 saturated carbocycles. The molecule has 1 aromatic rings. The van der Waals surface area contributed by atoms with E-state index in [0.29, 0.717) is 12.1 Å². The number of carbonyl (C=O) groups excluding carboxylic acids is 1. The van der Waals surface area contributed by atoms with Gasteiger partial charge in [-0.2, -0.15) is 5.10 Å². The average molecular weight is 251 g/mol. The molecule has 0 bridgehead atoms. The highest BCUT2D eigenvalue weighted by Crippen LogP contribution is 2.14. The Bertz CT molecular complexity index is 442. The van der Waals surface area contributed by atoms with Crippen LogP contribution >= 0.6 is 0 Å². The molecule has 0 radical (unpaired) electrons. The fourth-order valence-electron chi connectivity index (χ4n) is 1.05. The fraction of sp³-hybridized carbons (Fsp3) is 0.273. The molecule has 18 heavy (non-hydrogen) atoms. The lowest BCUT2D eigenvalue weighted by Gasteiger charge is -2.00. The maximum atomic E-state index is 10.8. The molecule has 0 aromatic heterocycles. The number of nitro groups is 1. The van der Waals surface area contributed by atoms with Crippen molar-refractivity contribution in [2.24, 2.45) is 5.10 Å². The largest absolute Gasteiger partial charge is 0.460 e. The molecular formula is C11H13N3O4. The number of benzene rings is 1. The maximum Gasteiger partial charge on any atom is 0.305 e. The first-order valence-corrected chi connectivity index (χ1v) is 5.31. The molecular weight excluding hydrogens is 238 g/mol. The van der Waals surface area contributed by atoms with Gasteiger partial charge in [0.05, 0.1) is 16.8 Å². The summed E-state index contributed by atoms with van der Waals surface area (Å²) in [7, 11) is 0. The van der Waals surface area contributed by atoms with Crippen molar-refractivity contribution in [3.8, 4) is 0 Å². The highest BCUT2D eigenvalue weighted by molar-refractivity contribution is 5.72. The molecule has 0 saturated heterocycles. The molecule has 96 valence electrons. The van der Waals surface area contributed by atoms with Crippen LogP contribution in [-0.2, 0) is 9.53 Å². The Morgan fingerprint density at radius 2 is 2.17 bits per heavy atom. The van der Waals surface area contributed by atoms with Crippen LogP contribution < -0.4 is 5.43 Å². The second kappa shape index (κ2) is 7.00. The van der Waals surface area contributed by atoms with E-state index in [9.17, 15) is 14.9 Å². The Morgan fingerprint density at radius 1 is 1.50 bits per heavy atom. The summed E-state index contributed by atoms with van der Waals surface area (Å²) in [4.78, 5) is 20.7. The average Bonchev–Trinajstić information content (AvgIpc) is 2.38. The van der Waals surface area contributed by atoms with Crippen LogP contribution in [0, 0.1) is 10.1 Å². The first kappa shape index (κ1) is 13.6. The van der Waals surface area contributed by atoms with E-state index in [4.69, 9.17) is 4.74 Å². The number of hydrazone groups is 1.